The fraction of sp³-hybridized carbons (Fsp3) is 0.444. The maximum Gasteiger partial charge on any atom is 0.305 e. The number of carboxylic acids is 1. The molecule has 1 N–H and O–H groups in total. The monoisotopic (exact) mass is 335 g/mol. The number of carboxylic acid groups (broad SMARTS) is 1. The van der Waals surface area contributed by atoms with Gasteiger partial charge in [-0.15, -0.1) is 0 Å². The van der Waals surface area contributed by atoms with E-state index < -0.39 is 5.97 Å². The van der Waals surface area contributed by atoms with Crippen LogP contribution in [0.2, 0.25) is 0 Å². The molecule has 0 radical (unpaired) electrons. The van der Waals surface area contributed by atoms with E-state index in [2.05, 4.69) is 0 Å². The fourth-order valence-corrected chi connectivity index (χ4v) is 2.77. The number of hydrogen-bond donors (Lipinski definition) is 1. The van der Waals surface area contributed by atoms with Gasteiger partial charge in [0.05, 0.1) is 6.42 Å². The Balaban J connectivity index is 2.15. The predicted molar refractivity (Wildman–Crippen MR) is 87.9 cm³/mol. The summed E-state index contributed by atoms with van der Waals surface area (Å²) >= 11 is 0. The molecule has 1 aliphatic heterocycles. The van der Waals surface area contributed by atoms with Crippen molar-refractivity contribution in [3.8, 4) is 0 Å². The van der Waals surface area contributed by atoms with Crippen LogP contribution in [0.5, 0.6) is 0 Å². The number of allylic oxidation sites excluding steroid dienone is 1. The van der Waals surface area contributed by atoms with Crippen molar-refractivity contribution in [1.82, 2.24) is 4.90 Å². The van der Waals surface area contributed by atoms with E-state index in [0.717, 1.165) is 0 Å². The van der Waals surface area contributed by atoms with E-state index in [1.54, 1.807) is 24.0 Å². The third-order valence-corrected chi connectivity index (χ3v) is 4.10. The second kappa shape index (κ2) is 8.59. The molecule has 0 aliphatic carbocycles. The van der Waals surface area contributed by atoms with E-state index in [0.29, 0.717) is 37.2 Å². The minimum absolute atomic E-state index is 0.0258. The Morgan fingerprint density at radius 2 is 2.08 bits per heavy atom. The van der Waals surface area contributed by atoms with Crippen molar-refractivity contribution in [3.05, 3.63) is 41.7 Å². The molecule has 1 aromatic carbocycles. The van der Waals surface area contributed by atoms with E-state index in [1.807, 2.05) is 0 Å². The molecule has 1 saturated heterocycles. The van der Waals surface area contributed by atoms with E-state index in [9.17, 15) is 14.0 Å². The summed E-state index contributed by atoms with van der Waals surface area (Å²) in [4.78, 5) is 25.1. The quantitative estimate of drug-likeness (QED) is 0.812. The second-order valence-corrected chi connectivity index (χ2v) is 5.86. The molecule has 0 aromatic heterocycles. The molecule has 0 spiro atoms. The van der Waals surface area contributed by atoms with Crippen molar-refractivity contribution in [1.29, 1.82) is 0 Å². The number of hydrogen-bond acceptors (Lipinski definition) is 3. The second-order valence-electron chi connectivity index (χ2n) is 5.86. The maximum atomic E-state index is 13.3. The lowest BCUT2D eigenvalue weighted by atomic mass is 10.0. The molecule has 0 atom stereocenters. The van der Waals surface area contributed by atoms with Gasteiger partial charge in [-0.25, -0.2) is 4.39 Å². The zero-order chi connectivity index (χ0) is 17.5. The highest BCUT2D eigenvalue weighted by molar-refractivity contribution is 5.95. The van der Waals surface area contributed by atoms with Gasteiger partial charge < -0.3 is 14.7 Å². The molecule has 24 heavy (non-hydrogen) atoms. The van der Waals surface area contributed by atoms with Gasteiger partial charge in [0.2, 0.25) is 5.91 Å². The van der Waals surface area contributed by atoms with Crippen molar-refractivity contribution in [2.24, 2.45) is 0 Å². The number of ether oxygens (including phenoxy) is 1. The largest absolute Gasteiger partial charge is 0.481 e. The highest BCUT2D eigenvalue weighted by atomic mass is 19.1. The summed E-state index contributed by atoms with van der Waals surface area (Å²) in [5.41, 5.74) is 1.28. The number of carbonyl (C=O) groups is 2. The molecule has 0 saturated carbocycles. The highest BCUT2D eigenvalue weighted by Gasteiger charge is 2.25. The van der Waals surface area contributed by atoms with Crippen LogP contribution in [-0.2, 0) is 14.3 Å². The molecule has 5 nitrogen and oxygen atoms in total. The molecule has 130 valence electrons. The van der Waals surface area contributed by atoms with Crippen LogP contribution in [0.1, 0.15) is 31.7 Å². The number of nitrogens with zero attached hydrogens (tertiary/aromatic N) is 1. The van der Waals surface area contributed by atoms with Gasteiger partial charge in [-0.1, -0.05) is 12.1 Å². The molecule has 2 rings (SSSR count). The first-order chi connectivity index (χ1) is 11.5. The van der Waals surface area contributed by atoms with Gasteiger partial charge in [-0.05, 0) is 43.0 Å². The van der Waals surface area contributed by atoms with Gasteiger partial charge >= 0.3 is 5.97 Å². The average Bonchev–Trinajstić information content (AvgIpc) is 2.55. The van der Waals surface area contributed by atoms with Crippen molar-refractivity contribution in [2.45, 2.75) is 32.2 Å². The van der Waals surface area contributed by atoms with Crippen LogP contribution in [0.4, 0.5) is 4.39 Å². The number of amides is 1. The van der Waals surface area contributed by atoms with Crippen LogP contribution in [0.15, 0.2) is 30.3 Å². The van der Waals surface area contributed by atoms with E-state index in [1.165, 1.54) is 18.2 Å². The van der Waals surface area contributed by atoms with Crippen LogP contribution in [0.25, 0.3) is 5.57 Å². The lowest BCUT2D eigenvalue weighted by Crippen LogP contribution is -2.43. The van der Waals surface area contributed by atoms with Crippen molar-refractivity contribution in [3.63, 3.8) is 0 Å². The first-order valence-electron chi connectivity index (χ1n) is 8.01. The van der Waals surface area contributed by atoms with Gasteiger partial charge in [0.15, 0.2) is 0 Å². The van der Waals surface area contributed by atoms with E-state index in [-0.39, 0.29) is 30.7 Å². The molecular weight excluding hydrogens is 313 g/mol. The molecule has 6 heteroatoms. The SMILES string of the molecule is C/C(=C\C(=O)N(CCC(=O)O)C1CCOCC1)c1cccc(F)c1. The minimum atomic E-state index is -0.939. The Morgan fingerprint density at radius 3 is 2.71 bits per heavy atom. The molecule has 1 aliphatic rings. The van der Waals surface area contributed by atoms with Gasteiger partial charge in [-0.2, -0.15) is 0 Å². The highest BCUT2D eigenvalue weighted by Crippen LogP contribution is 2.19. The fourth-order valence-electron chi connectivity index (χ4n) is 2.77. The summed E-state index contributed by atoms with van der Waals surface area (Å²) in [6.45, 7) is 3.03. The number of aliphatic carboxylic acids is 1. The van der Waals surface area contributed by atoms with E-state index in [4.69, 9.17) is 9.84 Å². The number of benzene rings is 1. The first-order valence-corrected chi connectivity index (χ1v) is 8.01. The van der Waals surface area contributed by atoms with Gasteiger partial charge in [0.1, 0.15) is 5.82 Å². The number of carbonyl (C=O) groups excluding carboxylic acids is 1. The van der Waals surface area contributed by atoms with Crippen LogP contribution in [0, 0.1) is 5.82 Å². The molecule has 0 unspecified atom stereocenters. The van der Waals surface area contributed by atoms with Crippen LogP contribution < -0.4 is 0 Å². The van der Waals surface area contributed by atoms with Gasteiger partial charge in [-0.3, -0.25) is 9.59 Å². The topological polar surface area (TPSA) is 66.8 Å². The predicted octanol–water partition coefficient (Wildman–Crippen LogP) is 2.71. The lowest BCUT2D eigenvalue weighted by Gasteiger charge is -2.33. The average molecular weight is 335 g/mol. The van der Waals surface area contributed by atoms with Crippen molar-refractivity contribution >= 4 is 17.4 Å². The number of rotatable bonds is 6. The molecule has 1 amide bonds. The summed E-state index contributed by atoms with van der Waals surface area (Å²) in [6, 6.07) is 6.02. The first kappa shape index (κ1) is 18.1. The molecule has 1 heterocycles. The third-order valence-electron chi connectivity index (χ3n) is 4.10. The van der Waals surface area contributed by atoms with Crippen LogP contribution >= 0.6 is 0 Å². The Morgan fingerprint density at radius 1 is 1.38 bits per heavy atom. The van der Waals surface area contributed by atoms with E-state index >= 15 is 0 Å². The van der Waals surface area contributed by atoms with Crippen molar-refractivity contribution < 1.29 is 23.8 Å². The zero-order valence-electron chi connectivity index (χ0n) is 13.7. The summed E-state index contributed by atoms with van der Waals surface area (Å²) in [5.74, 6) is -1.55. The lowest BCUT2D eigenvalue weighted by molar-refractivity contribution is -0.138. The van der Waals surface area contributed by atoms with Gasteiger partial charge in [0, 0.05) is 31.9 Å². The molecular formula is C18H22FNO4. The Hall–Kier alpha value is -2.21. The smallest absolute Gasteiger partial charge is 0.305 e. The maximum absolute atomic E-state index is 13.3. The zero-order valence-corrected chi connectivity index (χ0v) is 13.7. The molecule has 1 aromatic rings. The Kier molecular flexibility index (Phi) is 6.49. The normalized spacial score (nSPS) is 16.0. The van der Waals surface area contributed by atoms with Crippen LogP contribution in [-0.4, -0.2) is 47.7 Å². The summed E-state index contributed by atoms with van der Waals surface area (Å²) in [7, 11) is 0. The van der Waals surface area contributed by atoms with Crippen LogP contribution in [0.3, 0.4) is 0 Å². The Labute approximate surface area is 140 Å². The molecule has 1 fully saturated rings. The standard InChI is InChI=1S/C18H22FNO4/c1-13(14-3-2-4-15(19)12-14)11-17(21)20(8-5-18(22)23)16-6-9-24-10-7-16/h2-4,11-12,16H,5-10H2,1H3,(H,22,23)/b13-11+. The third kappa shape index (κ3) is 5.16. The van der Waals surface area contributed by atoms with Gasteiger partial charge in [0.25, 0.3) is 0 Å². The van der Waals surface area contributed by atoms with Crippen molar-refractivity contribution in [2.75, 3.05) is 19.8 Å². The Bertz CT molecular complexity index is 623. The number of halogens is 1. The summed E-state index contributed by atoms with van der Waals surface area (Å²) in [6.07, 6.45) is 2.73. The minimum Gasteiger partial charge on any atom is -0.481 e. The molecule has 0 bridgehead atoms. The summed E-state index contributed by atoms with van der Waals surface area (Å²) < 4.78 is 18.6. The summed E-state index contributed by atoms with van der Waals surface area (Å²) in [5, 5.41) is 8.91.